The highest BCUT2D eigenvalue weighted by Crippen LogP contribution is 1.96. The molecule has 98 valence electrons. The van der Waals surface area contributed by atoms with Crippen LogP contribution in [0.1, 0.15) is 6.42 Å². The molecular weight excluding hydrogens is 248 g/mol. The Hall–Kier alpha value is -2.72. The van der Waals surface area contributed by atoms with Crippen LogP contribution in [0.4, 0.5) is 10.7 Å². The molecule has 0 unspecified atom stereocenters. The first-order valence-electron chi connectivity index (χ1n) is 4.64. The van der Waals surface area contributed by atoms with Crippen molar-refractivity contribution in [2.75, 3.05) is 5.32 Å². The number of aryl methyl sites for hydroxylation is 1. The van der Waals surface area contributed by atoms with E-state index >= 15 is 0 Å². The van der Waals surface area contributed by atoms with E-state index in [-0.39, 0.29) is 5.95 Å². The zero-order valence-electron chi connectivity index (χ0n) is 9.19. The van der Waals surface area contributed by atoms with Crippen molar-refractivity contribution < 1.29 is 24.6 Å². The predicted octanol–water partition coefficient (Wildman–Crippen LogP) is -1.74. The van der Waals surface area contributed by atoms with Crippen molar-refractivity contribution >= 4 is 23.9 Å². The summed E-state index contributed by atoms with van der Waals surface area (Å²) in [5.74, 6) is -2.94. The van der Waals surface area contributed by atoms with Gasteiger partial charge in [-0.15, -0.1) is 5.10 Å². The molecule has 4 N–H and O–H groups in total. The lowest BCUT2D eigenvalue weighted by Gasteiger charge is -2.11. The fourth-order valence-electron chi connectivity index (χ4n) is 1.00. The van der Waals surface area contributed by atoms with E-state index in [1.54, 1.807) is 0 Å². The minimum Gasteiger partial charge on any atom is -0.481 e. The number of rotatable bonds is 5. The summed E-state index contributed by atoms with van der Waals surface area (Å²) >= 11 is 0. The number of aliphatic carboxylic acids is 2. The summed E-state index contributed by atoms with van der Waals surface area (Å²) in [6, 6.07) is -2.48. The molecule has 0 spiro atoms. The van der Waals surface area contributed by atoms with Crippen LogP contribution in [0.25, 0.3) is 0 Å². The lowest BCUT2D eigenvalue weighted by Crippen LogP contribution is -2.44. The van der Waals surface area contributed by atoms with E-state index in [1.165, 1.54) is 7.05 Å². The van der Waals surface area contributed by atoms with Gasteiger partial charge in [-0.2, -0.15) is 4.80 Å². The molecule has 0 fully saturated rings. The summed E-state index contributed by atoms with van der Waals surface area (Å²) in [7, 11) is 1.47. The largest absolute Gasteiger partial charge is 0.481 e. The molecule has 1 aromatic rings. The van der Waals surface area contributed by atoms with Gasteiger partial charge in [0, 0.05) is 0 Å². The Morgan fingerprint density at radius 1 is 1.39 bits per heavy atom. The Kier molecular flexibility index (Phi) is 4.12. The Morgan fingerprint density at radius 3 is 2.50 bits per heavy atom. The average Bonchev–Trinajstić information content (AvgIpc) is 2.62. The van der Waals surface area contributed by atoms with Gasteiger partial charge in [-0.3, -0.25) is 10.1 Å². The van der Waals surface area contributed by atoms with Crippen LogP contribution >= 0.6 is 0 Å². The SMILES string of the molecule is Cn1nnc(NC(=O)N[C@@H](CC(=O)O)C(=O)O)n1. The number of hydrogen-bond donors (Lipinski definition) is 4. The molecular formula is C7H10N6O5. The maximum Gasteiger partial charge on any atom is 0.326 e. The highest BCUT2D eigenvalue weighted by molar-refractivity contribution is 5.92. The fraction of sp³-hybridized carbons (Fsp3) is 0.429. The molecule has 0 bridgehead atoms. The summed E-state index contributed by atoms with van der Waals surface area (Å²) in [6.45, 7) is 0. The number of carbonyl (C=O) groups excluding carboxylic acids is 1. The summed E-state index contributed by atoms with van der Waals surface area (Å²) in [5, 5.41) is 31.7. The molecule has 0 saturated carbocycles. The van der Waals surface area contributed by atoms with Gasteiger partial charge in [0.2, 0.25) is 0 Å². The predicted molar refractivity (Wildman–Crippen MR) is 54.6 cm³/mol. The first kappa shape index (κ1) is 13.3. The number of nitrogens with zero attached hydrogens (tertiary/aromatic N) is 4. The van der Waals surface area contributed by atoms with Gasteiger partial charge in [-0.25, -0.2) is 9.59 Å². The number of urea groups is 1. The number of amides is 2. The van der Waals surface area contributed by atoms with E-state index in [0.717, 1.165) is 4.80 Å². The monoisotopic (exact) mass is 258 g/mol. The second-order valence-corrected chi connectivity index (χ2v) is 3.19. The minimum absolute atomic E-state index is 0.130. The minimum atomic E-state index is -1.54. The van der Waals surface area contributed by atoms with E-state index in [9.17, 15) is 14.4 Å². The Labute approximate surface area is 99.8 Å². The third-order valence-corrected chi connectivity index (χ3v) is 1.72. The van der Waals surface area contributed by atoms with E-state index < -0.39 is 30.4 Å². The Bertz CT molecular complexity index is 471. The second kappa shape index (κ2) is 5.56. The lowest BCUT2D eigenvalue weighted by atomic mass is 10.2. The van der Waals surface area contributed by atoms with E-state index in [0.29, 0.717) is 0 Å². The van der Waals surface area contributed by atoms with Crippen LogP contribution in [0.15, 0.2) is 0 Å². The molecule has 2 amide bonds. The molecule has 11 nitrogen and oxygen atoms in total. The van der Waals surface area contributed by atoms with Crippen LogP contribution < -0.4 is 10.6 Å². The number of carbonyl (C=O) groups is 3. The standard InChI is InChI=1S/C7H10N6O5/c1-13-11-6(10-12-13)9-7(18)8-3(5(16)17)2-4(14)15/h3H,2H2,1H3,(H,14,15)(H,16,17)(H2,8,9,11,18)/t3-/m0/s1. The quantitative estimate of drug-likeness (QED) is 0.484. The number of hydrogen-bond acceptors (Lipinski definition) is 6. The lowest BCUT2D eigenvalue weighted by molar-refractivity contribution is -0.145. The maximum atomic E-state index is 11.3. The van der Waals surface area contributed by atoms with E-state index in [4.69, 9.17) is 10.2 Å². The Morgan fingerprint density at radius 2 is 2.06 bits per heavy atom. The zero-order chi connectivity index (χ0) is 13.7. The van der Waals surface area contributed by atoms with Crippen LogP contribution in [-0.4, -0.2) is 54.4 Å². The average molecular weight is 258 g/mol. The van der Waals surface area contributed by atoms with Gasteiger partial charge >= 0.3 is 18.0 Å². The van der Waals surface area contributed by atoms with Crippen LogP contribution in [0, 0.1) is 0 Å². The van der Waals surface area contributed by atoms with Crippen LogP contribution in [0.2, 0.25) is 0 Å². The molecule has 0 aromatic carbocycles. The van der Waals surface area contributed by atoms with Gasteiger partial charge in [0.15, 0.2) is 0 Å². The van der Waals surface area contributed by atoms with Gasteiger partial charge < -0.3 is 15.5 Å². The van der Waals surface area contributed by atoms with Crippen LogP contribution in [0.3, 0.4) is 0 Å². The van der Waals surface area contributed by atoms with Crippen molar-refractivity contribution in [2.24, 2.45) is 7.05 Å². The maximum absolute atomic E-state index is 11.3. The van der Waals surface area contributed by atoms with E-state index in [2.05, 4.69) is 20.7 Å². The smallest absolute Gasteiger partial charge is 0.326 e. The topological polar surface area (TPSA) is 159 Å². The summed E-state index contributed by atoms with van der Waals surface area (Å²) in [6.07, 6.45) is -0.739. The van der Waals surface area contributed by atoms with Gasteiger partial charge in [0.05, 0.1) is 13.5 Å². The molecule has 18 heavy (non-hydrogen) atoms. The molecule has 0 aliphatic rings. The van der Waals surface area contributed by atoms with Crippen molar-refractivity contribution in [3.63, 3.8) is 0 Å². The second-order valence-electron chi connectivity index (χ2n) is 3.19. The molecule has 0 saturated heterocycles. The van der Waals surface area contributed by atoms with Crippen LogP contribution in [0.5, 0.6) is 0 Å². The third kappa shape index (κ3) is 4.03. The van der Waals surface area contributed by atoms with Gasteiger partial charge in [0.1, 0.15) is 6.04 Å². The summed E-state index contributed by atoms with van der Waals surface area (Å²) < 4.78 is 0. The molecule has 0 radical (unpaired) electrons. The fourth-order valence-corrected chi connectivity index (χ4v) is 1.00. The van der Waals surface area contributed by atoms with Crippen molar-refractivity contribution in [1.29, 1.82) is 0 Å². The number of anilines is 1. The van der Waals surface area contributed by atoms with Crippen molar-refractivity contribution in [1.82, 2.24) is 25.5 Å². The molecule has 0 aliphatic heterocycles. The third-order valence-electron chi connectivity index (χ3n) is 1.72. The normalized spacial score (nSPS) is 11.6. The van der Waals surface area contributed by atoms with Gasteiger partial charge in [-0.1, -0.05) is 5.10 Å². The number of nitrogens with one attached hydrogen (secondary N) is 2. The summed E-state index contributed by atoms with van der Waals surface area (Å²) in [4.78, 5) is 33.5. The summed E-state index contributed by atoms with van der Waals surface area (Å²) in [5.41, 5.74) is 0. The number of carboxylic acid groups (broad SMARTS) is 2. The first-order chi connectivity index (χ1) is 8.38. The number of tetrazole rings is 1. The molecule has 1 aromatic heterocycles. The van der Waals surface area contributed by atoms with Crippen LogP contribution in [-0.2, 0) is 16.6 Å². The zero-order valence-corrected chi connectivity index (χ0v) is 9.19. The molecule has 1 heterocycles. The Balaban J connectivity index is 2.56. The first-order valence-corrected chi connectivity index (χ1v) is 4.64. The van der Waals surface area contributed by atoms with Crippen molar-refractivity contribution in [3.8, 4) is 0 Å². The molecule has 11 heteroatoms. The highest BCUT2D eigenvalue weighted by Gasteiger charge is 2.23. The van der Waals surface area contributed by atoms with Crippen molar-refractivity contribution in [2.45, 2.75) is 12.5 Å². The highest BCUT2D eigenvalue weighted by atomic mass is 16.4. The number of carboxylic acids is 2. The van der Waals surface area contributed by atoms with E-state index in [1.807, 2.05) is 5.32 Å². The number of aromatic nitrogens is 4. The van der Waals surface area contributed by atoms with Gasteiger partial charge in [0.25, 0.3) is 5.95 Å². The molecule has 1 atom stereocenters. The van der Waals surface area contributed by atoms with Crippen molar-refractivity contribution in [3.05, 3.63) is 0 Å². The molecule has 0 aliphatic carbocycles. The molecule has 1 rings (SSSR count). The van der Waals surface area contributed by atoms with Gasteiger partial charge in [-0.05, 0) is 5.21 Å².